The molecule has 0 spiro atoms. The third-order valence-corrected chi connectivity index (χ3v) is 1.57. The summed E-state index contributed by atoms with van der Waals surface area (Å²) < 4.78 is 5.00. The molecule has 0 N–H and O–H groups in total. The van der Waals surface area contributed by atoms with Gasteiger partial charge in [0.15, 0.2) is 0 Å². The van der Waals surface area contributed by atoms with E-state index in [1.807, 2.05) is 20.8 Å². The number of carbonyl (C=O) groups is 1. The zero-order valence-corrected chi connectivity index (χ0v) is 9.84. The van der Waals surface area contributed by atoms with E-state index >= 15 is 0 Å². The number of ether oxygens (including phenoxy) is 1. The summed E-state index contributed by atoms with van der Waals surface area (Å²) in [7, 11) is 0. The molecule has 0 aromatic heterocycles. The lowest BCUT2D eigenvalue weighted by molar-refractivity contribution is -0.316. The van der Waals surface area contributed by atoms with Crippen LogP contribution in [0.1, 0.15) is 48.0 Å². The van der Waals surface area contributed by atoms with Gasteiger partial charge < -0.3 is 4.74 Å². The molecule has 0 aromatic carbocycles. The smallest absolute Gasteiger partial charge is 0.426 e. The van der Waals surface area contributed by atoms with E-state index in [1.54, 1.807) is 20.8 Å². The van der Waals surface area contributed by atoms with Gasteiger partial charge in [-0.1, -0.05) is 6.92 Å². The van der Waals surface area contributed by atoms with Crippen molar-refractivity contribution in [2.45, 2.75) is 59.2 Å². The highest BCUT2D eigenvalue weighted by molar-refractivity contribution is 5.59. The van der Waals surface area contributed by atoms with Crippen LogP contribution in [0, 0.1) is 0 Å². The highest BCUT2D eigenvalue weighted by atomic mass is 17.2. The van der Waals surface area contributed by atoms with Crippen LogP contribution in [0.3, 0.4) is 0 Å². The average molecular weight is 204 g/mol. The predicted molar refractivity (Wildman–Crippen MR) is 52.8 cm³/mol. The Hall–Kier alpha value is -0.770. The van der Waals surface area contributed by atoms with E-state index in [1.165, 1.54) is 0 Å². The van der Waals surface area contributed by atoms with Crippen molar-refractivity contribution >= 4 is 6.16 Å². The Bertz CT molecular complexity index is 191. The molecule has 0 amide bonds. The second kappa shape index (κ2) is 4.64. The van der Waals surface area contributed by atoms with Crippen molar-refractivity contribution in [2.75, 3.05) is 0 Å². The SMILES string of the molecule is CCC(C)(C)OC(=O)OOC(C)(C)C. The van der Waals surface area contributed by atoms with Gasteiger partial charge in [0.25, 0.3) is 0 Å². The number of hydrogen-bond donors (Lipinski definition) is 0. The summed E-state index contributed by atoms with van der Waals surface area (Å²) in [6.45, 7) is 10.9. The summed E-state index contributed by atoms with van der Waals surface area (Å²) in [5.74, 6) is 0. The van der Waals surface area contributed by atoms with E-state index in [-0.39, 0.29) is 0 Å². The fourth-order valence-electron chi connectivity index (χ4n) is 0.474. The second-order valence-corrected chi connectivity index (χ2v) is 4.74. The molecule has 84 valence electrons. The maximum atomic E-state index is 11.1. The first-order chi connectivity index (χ1) is 6.16. The van der Waals surface area contributed by atoms with Crippen LogP contribution in [0.15, 0.2) is 0 Å². The Kier molecular flexibility index (Phi) is 4.39. The molecular weight excluding hydrogens is 184 g/mol. The Labute approximate surface area is 85.5 Å². The van der Waals surface area contributed by atoms with Gasteiger partial charge in [0.05, 0.1) is 0 Å². The standard InChI is InChI=1S/C10H20O4/c1-7-10(5,6)12-8(11)13-14-9(2,3)4/h7H2,1-6H3. The van der Waals surface area contributed by atoms with E-state index in [9.17, 15) is 4.79 Å². The van der Waals surface area contributed by atoms with Gasteiger partial charge in [0, 0.05) is 0 Å². The Morgan fingerprint density at radius 1 is 1.14 bits per heavy atom. The number of rotatable bonds is 3. The molecule has 0 aliphatic carbocycles. The summed E-state index contributed by atoms with van der Waals surface area (Å²) in [6, 6.07) is 0. The summed E-state index contributed by atoms with van der Waals surface area (Å²) in [5, 5.41) is 0. The minimum Gasteiger partial charge on any atom is -0.426 e. The molecule has 0 saturated heterocycles. The first kappa shape index (κ1) is 13.2. The molecule has 0 rings (SSSR count). The first-order valence-electron chi connectivity index (χ1n) is 4.75. The van der Waals surface area contributed by atoms with Gasteiger partial charge in [-0.2, -0.15) is 4.89 Å². The third kappa shape index (κ3) is 6.71. The van der Waals surface area contributed by atoms with Crippen molar-refractivity contribution < 1.29 is 19.3 Å². The van der Waals surface area contributed by atoms with Crippen molar-refractivity contribution in [1.29, 1.82) is 0 Å². The van der Waals surface area contributed by atoms with Crippen molar-refractivity contribution in [2.24, 2.45) is 0 Å². The highest BCUT2D eigenvalue weighted by Crippen LogP contribution is 2.15. The van der Waals surface area contributed by atoms with E-state index in [2.05, 4.69) is 4.89 Å². The monoisotopic (exact) mass is 204 g/mol. The van der Waals surface area contributed by atoms with Gasteiger partial charge >= 0.3 is 6.16 Å². The van der Waals surface area contributed by atoms with Crippen LogP contribution in [0.2, 0.25) is 0 Å². The number of hydrogen-bond acceptors (Lipinski definition) is 4. The van der Waals surface area contributed by atoms with Crippen LogP contribution in [-0.4, -0.2) is 17.4 Å². The molecule has 0 saturated carbocycles. The molecule has 0 aliphatic rings. The van der Waals surface area contributed by atoms with Gasteiger partial charge in [-0.15, -0.1) is 0 Å². The Morgan fingerprint density at radius 2 is 1.64 bits per heavy atom. The van der Waals surface area contributed by atoms with E-state index < -0.39 is 17.4 Å². The van der Waals surface area contributed by atoms with Crippen molar-refractivity contribution in [3.63, 3.8) is 0 Å². The predicted octanol–water partition coefficient (Wildman–Crippen LogP) is 3.06. The van der Waals surface area contributed by atoms with E-state index in [0.29, 0.717) is 0 Å². The fraction of sp³-hybridized carbons (Fsp3) is 0.900. The van der Waals surface area contributed by atoms with Gasteiger partial charge in [0.1, 0.15) is 11.2 Å². The summed E-state index contributed by atoms with van der Waals surface area (Å²) in [6.07, 6.45) is -0.0794. The highest BCUT2D eigenvalue weighted by Gasteiger charge is 2.23. The van der Waals surface area contributed by atoms with Crippen LogP contribution < -0.4 is 0 Å². The lowest BCUT2D eigenvalue weighted by atomic mass is 10.1. The third-order valence-electron chi connectivity index (χ3n) is 1.57. The largest absolute Gasteiger partial charge is 0.541 e. The molecule has 4 heteroatoms. The van der Waals surface area contributed by atoms with E-state index in [4.69, 9.17) is 9.62 Å². The second-order valence-electron chi connectivity index (χ2n) is 4.74. The molecule has 0 aromatic rings. The zero-order chi connectivity index (χ0) is 11.4. The van der Waals surface area contributed by atoms with Crippen LogP contribution in [0.4, 0.5) is 4.79 Å². The summed E-state index contributed by atoms with van der Waals surface area (Å²) >= 11 is 0. The average Bonchev–Trinajstić information content (AvgIpc) is 1.99. The molecule has 4 nitrogen and oxygen atoms in total. The maximum Gasteiger partial charge on any atom is 0.541 e. The van der Waals surface area contributed by atoms with Gasteiger partial charge in [-0.05, 0) is 41.0 Å². The fourth-order valence-corrected chi connectivity index (χ4v) is 0.474. The molecule has 0 aliphatic heterocycles. The Balaban J connectivity index is 3.89. The topological polar surface area (TPSA) is 44.8 Å². The molecule has 0 heterocycles. The summed E-state index contributed by atoms with van der Waals surface area (Å²) in [4.78, 5) is 20.4. The van der Waals surface area contributed by atoms with E-state index in [0.717, 1.165) is 6.42 Å². The first-order valence-corrected chi connectivity index (χ1v) is 4.75. The molecule has 0 atom stereocenters. The maximum absolute atomic E-state index is 11.1. The minimum atomic E-state index is -0.799. The number of carbonyl (C=O) groups excluding carboxylic acids is 1. The van der Waals surface area contributed by atoms with Crippen LogP contribution in [0.5, 0.6) is 0 Å². The lowest BCUT2D eigenvalue weighted by Crippen LogP contribution is -2.29. The molecule has 0 radical (unpaired) electrons. The summed E-state index contributed by atoms with van der Waals surface area (Å²) in [5.41, 5.74) is -1.03. The van der Waals surface area contributed by atoms with Crippen LogP contribution in [-0.2, 0) is 14.5 Å². The quantitative estimate of drug-likeness (QED) is 0.402. The van der Waals surface area contributed by atoms with Gasteiger partial charge in [-0.25, -0.2) is 4.79 Å². The normalized spacial score (nSPS) is 12.4. The zero-order valence-electron chi connectivity index (χ0n) is 9.84. The molecule has 0 fully saturated rings. The van der Waals surface area contributed by atoms with Gasteiger partial charge in [-0.3, -0.25) is 4.89 Å². The molecular formula is C10H20O4. The minimum absolute atomic E-state index is 0.516. The Morgan fingerprint density at radius 3 is 2.00 bits per heavy atom. The van der Waals surface area contributed by atoms with Crippen molar-refractivity contribution in [1.82, 2.24) is 0 Å². The molecule has 0 unspecified atom stereocenters. The van der Waals surface area contributed by atoms with Gasteiger partial charge in [0.2, 0.25) is 0 Å². The van der Waals surface area contributed by atoms with Crippen LogP contribution in [0.25, 0.3) is 0 Å². The lowest BCUT2D eigenvalue weighted by Gasteiger charge is -2.23. The van der Waals surface area contributed by atoms with Crippen molar-refractivity contribution in [3.05, 3.63) is 0 Å². The van der Waals surface area contributed by atoms with Crippen molar-refractivity contribution in [3.8, 4) is 0 Å². The molecule has 14 heavy (non-hydrogen) atoms. The van der Waals surface area contributed by atoms with Crippen LogP contribution >= 0.6 is 0 Å². The molecule has 0 bridgehead atoms.